The van der Waals surface area contributed by atoms with Crippen LogP contribution in [-0.4, -0.2) is 28.2 Å². The SMILES string of the molecule is CCCCCC(C)(C)/C=C/C#C/C=C/C=C/[C@@H](O)[C@@H](O)CCCC(C)=O. The van der Waals surface area contributed by atoms with E-state index in [2.05, 4.69) is 38.7 Å². The molecule has 0 rings (SSSR count). The maximum absolute atomic E-state index is 10.8. The van der Waals surface area contributed by atoms with Crippen molar-refractivity contribution in [3.8, 4) is 11.8 Å². The smallest absolute Gasteiger partial charge is 0.129 e. The van der Waals surface area contributed by atoms with Gasteiger partial charge in [-0.2, -0.15) is 0 Å². The Balaban J connectivity index is 4.18. The van der Waals surface area contributed by atoms with Crippen LogP contribution in [0.5, 0.6) is 0 Å². The third-order valence-corrected chi connectivity index (χ3v) is 4.15. The van der Waals surface area contributed by atoms with Gasteiger partial charge in [0, 0.05) is 6.42 Å². The van der Waals surface area contributed by atoms with E-state index in [9.17, 15) is 15.0 Å². The summed E-state index contributed by atoms with van der Waals surface area (Å²) in [5.74, 6) is 6.01. The number of aliphatic hydroxyl groups is 2. The van der Waals surface area contributed by atoms with Crippen LogP contribution in [0.25, 0.3) is 0 Å². The molecule has 2 N–H and O–H groups in total. The molecule has 2 atom stereocenters. The molecule has 0 aromatic rings. The summed E-state index contributed by atoms with van der Waals surface area (Å²) in [4.78, 5) is 10.8. The second kappa shape index (κ2) is 14.5. The zero-order chi connectivity index (χ0) is 19.8. The van der Waals surface area contributed by atoms with Crippen molar-refractivity contribution < 1.29 is 15.0 Å². The molecule has 0 aromatic carbocycles. The molecule has 0 heterocycles. The highest BCUT2D eigenvalue weighted by atomic mass is 16.3. The van der Waals surface area contributed by atoms with Gasteiger partial charge in [0.2, 0.25) is 0 Å². The fraction of sp³-hybridized carbons (Fsp3) is 0.609. The molecule has 0 aliphatic heterocycles. The first-order chi connectivity index (χ1) is 12.3. The largest absolute Gasteiger partial charge is 0.390 e. The molecule has 3 heteroatoms. The number of Topliss-reactive ketones (excluding diaryl/α,β-unsaturated/α-hetero) is 1. The third-order valence-electron chi connectivity index (χ3n) is 4.15. The summed E-state index contributed by atoms with van der Waals surface area (Å²) in [7, 11) is 0. The lowest BCUT2D eigenvalue weighted by Gasteiger charge is -2.19. The van der Waals surface area contributed by atoms with Crippen LogP contribution in [0.2, 0.25) is 0 Å². The zero-order valence-corrected chi connectivity index (χ0v) is 16.9. The van der Waals surface area contributed by atoms with E-state index in [1.807, 2.05) is 6.08 Å². The van der Waals surface area contributed by atoms with Gasteiger partial charge in [0.1, 0.15) is 5.78 Å². The minimum atomic E-state index is -0.927. The van der Waals surface area contributed by atoms with Gasteiger partial charge in [-0.1, -0.05) is 76.2 Å². The molecule has 0 aliphatic rings. The lowest BCUT2D eigenvalue weighted by molar-refractivity contribution is -0.117. The zero-order valence-electron chi connectivity index (χ0n) is 16.9. The first-order valence-corrected chi connectivity index (χ1v) is 9.66. The summed E-state index contributed by atoms with van der Waals surface area (Å²) in [6.07, 6.45) is 15.3. The highest BCUT2D eigenvalue weighted by Crippen LogP contribution is 2.24. The predicted octanol–water partition coefficient (Wildman–Crippen LogP) is 4.75. The van der Waals surface area contributed by atoms with Crippen molar-refractivity contribution >= 4 is 5.78 Å². The van der Waals surface area contributed by atoms with Crippen LogP contribution in [0.1, 0.15) is 72.6 Å². The molecule has 3 nitrogen and oxygen atoms in total. The molecular formula is C23H36O3. The van der Waals surface area contributed by atoms with Gasteiger partial charge in [-0.3, -0.25) is 0 Å². The van der Waals surface area contributed by atoms with Gasteiger partial charge >= 0.3 is 0 Å². The van der Waals surface area contributed by atoms with Gasteiger partial charge in [-0.15, -0.1) is 0 Å². The van der Waals surface area contributed by atoms with E-state index in [1.165, 1.54) is 38.7 Å². The number of allylic oxidation sites excluding steroid dienone is 5. The van der Waals surface area contributed by atoms with Crippen LogP contribution in [-0.2, 0) is 4.79 Å². The van der Waals surface area contributed by atoms with E-state index in [-0.39, 0.29) is 11.2 Å². The Kier molecular flexibility index (Phi) is 13.6. The Morgan fingerprint density at radius 1 is 1.08 bits per heavy atom. The van der Waals surface area contributed by atoms with Crippen LogP contribution in [0.3, 0.4) is 0 Å². The highest BCUT2D eigenvalue weighted by Gasteiger charge is 2.13. The van der Waals surface area contributed by atoms with Crippen molar-refractivity contribution in [2.75, 3.05) is 0 Å². The molecule has 0 unspecified atom stereocenters. The summed E-state index contributed by atoms with van der Waals surface area (Å²) >= 11 is 0. The van der Waals surface area contributed by atoms with Crippen molar-refractivity contribution in [1.82, 2.24) is 0 Å². The van der Waals surface area contributed by atoms with Crippen molar-refractivity contribution in [3.05, 3.63) is 36.5 Å². The van der Waals surface area contributed by atoms with Crippen molar-refractivity contribution in [3.63, 3.8) is 0 Å². The minimum absolute atomic E-state index is 0.0992. The lowest BCUT2D eigenvalue weighted by atomic mass is 9.86. The quantitative estimate of drug-likeness (QED) is 0.300. The predicted molar refractivity (Wildman–Crippen MR) is 110 cm³/mol. The summed E-state index contributed by atoms with van der Waals surface area (Å²) in [6, 6.07) is 0. The van der Waals surface area contributed by atoms with Gasteiger partial charge in [0.15, 0.2) is 0 Å². The molecule has 0 fully saturated rings. The third kappa shape index (κ3) is 14.7. The number of carbonyl (C=O) groups excluding carboxylic acids is 1. The van der Waals surface area contributed by atoms with Gasteiger partial charge < -0.3 is 15.0 Å². The van der Waals surface area contributed by atoms with Crippen LogP contribution in [0.15, 0.2) is 36.5 Å². The number of hydrogen-bond donors (Lipinski definition) is 2. The molecule has 0 aromatic heterocycles. The maximum atomic E-state index is 10.8. The minimum Gasteiger partial charge on any atom is -0.390 e. The molecule has 0 aliphatic carbocycles. The van der Waals surface area contributed by atoms with Gasteiger partial charge in [0.25, 0.3) is 0 Å². The normalized spacial score (nSPS) is 14.7. The van der Waals surface area contributed by atoms with Crippen molar-refractivity contribution in [2.45, 2.75) is 84.8 Å². The summed E-state index contributed by atoms with van der Waals surface area (Å²) in [6.45, 7) is 8.19. The molecule has 0 amide bonds. The first kappa shape index (κ1) is 24.4. The highest BCUT2D eigenvalue weighted by molar-refractivity contribution is 5.75. The van der Waals surface area contributed by atoms with Crippen LogP contribution in [0.4, 0.5) is 0 Å². The van der Waals surface area contributed by atoms with E-state index >= 15 is 0 Å². The summed E-state index contributed by atoms with van der Waals surface area (Å²) in [5.41, 5.74) is 0.177. The van der Waals surface area contributed by atoms with Gasteiger partial charge in [0.05, 0.1) is 12.2 Å². The number of ketones is 1. The van der Waals surface area contributed by atoms with Crippen molar-refractivity contribution in [2.24, 2.45) is 5.41 Å². The molecule has 26 heavy (non-hydrogen) atoms. The van der Waals surface area contributed by atoms with Gasteiger partial charge in [-0.25, -0.2) is 0 Å². The second-order valence-electron chi connectivity index (χ2n) is 7.46. The molecular weight excluding hydrogens is 324 g/mol. The van der Waals surface area contributed by atoms with Gasteiger partial charge in [-0.05, 0) is 43.8 Å². The van der Waals surface area contributed by atoms with Crippen LogP contribution >= 0.6 is 0 Å². The molecule has 146 valence electrons. The van der Waals surface area contributed by atoms with E-state index < -0.39 is 12.2 Å². The first-order valence-electron chi connectivity index (χ1n) is 9.66. The fourth-order valence-electron chi connectivity index (χ4n) is 2.42. The average molecular weight is 361 g/mol. The second-order valence-corrected chi connectivity index (χ2v) is 7.46. The number of rotatable bonds is 12. The molecule has 0 spiro atoms. The number of carbonyl (C=O) groups is 1. The van der Waals surface area contributed by atoms with E-state index in [1.54, 1.807) is 18.2 Å². The topological polar surface area (TPSA) is 57.5 Å². The lowest BCUT2D eigenvalue weighted by Crippen LogP contribution is -2.23. The standard InChI is InChI=1S/C23H36O3/c1-5-6-12-18-23(3,4)19-13-10-8-7-9-11-16-21(25)22(26)17-14-15-20(2)24/h7,9,11,13,16,19,21-22,25-26H,5-6,12,14-15,17-18H2,1-4H3/b9-7+,16-11+,19-13+/t21-,22+/m1/s1. The van der Waals surface area contributed by atoms with E-state index in [0.29, 0.717) is 19.3 Å². The molecule has 0 bridgehead atoms. The monoisotopic (exact) mass is 360 g/mol. The number of aliphatic hydroxyl groups excluding tert-OH is 2. The number of hydrogen-bond acceptors (Lipinski definition) is 3. The molecule has 0 saturated carbocycles. The van der Waals surface area contributed by atoms with Crippen LogP contribution in [0, 0.1) is 17.3 Å². The Morgan fingerprint density at radius 2 is 1.77 bits per heavy atom. The van der Waals surface area contributed by atoms with E-state index in [4.69, 9.17) is 0 Å². The Labute approximate surface area is 159 Å². The van der Waals surface area contributed by atoms with Crippen LogP contribution < -0.4 is 0 Å². The Bertz CT molecular complexity index is 529. The van der Waals surface area contributed by atoms with Crippen molar-refractivity contribution in [1.29, 1.82) is 0 Å². The fourth-order valence-corrected chi connectivity index (χ4v) is 2.42. The summed E-state index contributed by atoms with van der Waals surface area (Å²) in [5, 5.41) is 19.6. The Hall–Kier alpha value is -1.63. The molecule has 0 radical (unpaired) electrons. The maximum Gasteiger partial charge on any atom is 0.129 e. The number of unbranched alkanes of at least 4 members (excludes halogenated alkanes) is 2. The van der Waals surface area contributed by atoms with E-state index in [0.717, 1.165) is 0 Å². The summed E-state index contributed by atoms with van der Waals surface area (Å²) < 4.78 is 0. The average Bonchev–Trinajstić information content (AvgIpc) is 2.56. The Morgan fingerprint density at radius 3 is 2.42 bits per heavy atom. The molecule has 0 saturated heterocycles.